The minimum atomic E-state index is 0.203. The Labute approximate surface area is 118 Å². The summed E-state index contributed by atoms with van der Waals surface area (Å²) in [6.07, 6.45) is 4.22. The first-order valence-electron chi connectivity index (χ1n) is 7.25. The molecule has 1 aliphatic heterocycles. The minimum absolute atomic E-state index is 0.203. The largest absolute Gasteiger partial charge is 0.361 e. The van der Waals surface area contributed by atoms with Crippen LogP contribution in [0, 0.1) is 0 Å². The summed E-state index contributed by atoms with van der Waals surface area (Å²) in [5.74, 6) is 0.203. The van der Waals surface area contributed by atoms with Gasteiger partial charge in [0.05, 0.1) is 6.42 Å². The van der Waals surface area contributed by atoms with E-state index in [1.54, 1.807) is 0 Å². The fourth-order valence-electron chi connectivity index (χ4n) is 3.12. The summed E-state index contributed by atoms with van der Waals surface area (Å²) < 4.78 is 0. The number of benzene rings is 1. The summed E-state index contributed by atoms with van der Waals surface area (Å²) in [5.41, 5.74) is 8.12. The third-order valence-corrected chi connectivity index (χ3v) is 4.25. The predicted octanol–water partition coefficient (Wildman–Crippen LogP) is 2.05. The van der Waals surface area contributed by atoms with Crippen molar-refractivity contribution < 1.29 is 4.79 Å². The third-order valence-electron chi connectivity index (χ3n) is 4.25. The van der Waals surface area contributed by atoms with Crippen LogP contribution in [0.15, 0.2) is 30.5 Å². The second kappa shape index (κ2) is 5.29. The highest BCUT2D eigenvalue weighted by Crippen LogP contribution is 2.21. The molecule has 1 saturated heterocycles. The van der Waals surface area contributed by atoms with Crippen molar-refractivity contribution in [3.63, 3.8) is 0 Å². The molecule has 2 aromatic rings. The normalized spacial score (nSPS) is 23.2. The fourth-order valence-corrected chi connectivity index (χ4v) is 3.12. The molecule has 2 unspecified atom stereocenters. The number of amides is 1. The molecule has 106 valence electrons. The van der Waals surface area contributed by atoms with Crippen LogP contribution in [0.5, 0.6) is 0 Å². The van der Waals surface area contributed by atoms with Crippen LogP contribution in [-0.4, -0.2) is 34.4 Å². The summed E-state index contributed by atoms with van der Waals surface area (Å²) in [4.78, 5) is 17.7. The van der Waals surface area contributed by atoms with Crippen molar-refractivity contribution in [3.8, 4) is 0 Å². The van der Waals surface area contributed by atoms with Gasteiger partial charge in [0.1, 0.15) is 0 Å². The van der Waals surface area contributed by atoms with Crippen LogP contribution in [0.2, 0.25) is 0 Å². The van der Waals surface area contributed by atoms with Gasteiger partial charge in [-0.2, -0.15) is 0 Å². The van der Waals surface area contributed by atoms with Crippen LogP contribution in [-0.2, 0) is 11.2 Å². The summed E-state index contributed by atoms with van der Waals surface area (Å²) in [6, 6.07) is 8.58. The van der Waals surface area contributed by atoms with Gasteiger partial charge >= 0.3 is 0 Å². The van der Waals surface area contributed by atoms with E-state index in [0.29, 0.717) is 6.42 Å². The smallest absolute Gasteiger partial charge is 0.227 e. The average Bonchev–Trinajstić information content (AvgIpc) is 2.82. The van der Waals surface area contributed by atoms with E-state index in [1.807, 2.05) is 29.3 Å². The quantitative estimate of drug-likeness (QED) is 0.878. The molecule has 0 radical (unpaired) electrons. The molecule has 1 aliphatic rings. The van der Waals surface area contributed by atoms with E-state index in [1.165, 1.54) is 0 Å². The number of nitrogens with one attached hydrogen (secondary N) is 1. The molecule has 3 N–H and O–H groups in total. The number of aromatic nitrogens is 1. The topological polar surface area (TPSA) is 62.1 Å². The minimum Gasteiger partial charge on any atom is -0.361 e. The van der Waals surface area contributed by atoms with Gasteiger partial charge in [0.15, 0.2) is 0 Å². The second-order valence-corrected chi connectivity index (χ2v) is 5.76. The highest BCUT2D eigenvalue weighted by Gasteiger charge is 2.27. The maximum atomic E-state index is 12.5. The van der Waals surface area contributed by atoms with E-state index in [-0.39, 0.29) is 18.0 Å². The van der Waals surface area contributed by atoms with Gasteiger partial charge in [0.25, 0.3) is 0 Å². The van der Waals surface area contributed by atoms with Crippen molar-refractivity contribution >= 4 is 16.8 Å². The van der Waals surface area contributed by atoms with E-state index >= 15 is 0 Å². The number of H-pyrrole nitrogens is 1. The van der Waals surface area contributed by atoms with Crippen molar-refractivity contribution in [2.24, 2.45) is 5.73 Å². The molecule has 0 saturated carbocycles. The lowest BCUT2D eigenvalue weighted by molar-refractivity contribution is -0.133. The van der Waals surface area contributed by atoms with E-state index in [4.69, 9.17) is 5.73 Å². The molecule has 0 aliphatic carbocycles. The number of hydrogen-bond acceptors (Lipinski definition) is 2. The first-order chi connectivity index (χ1) is 9.65. The number of piperidine rings is 1. The van der Waals surface area contributed by atoms with Crippen LogP contribution in [0.1, 0.15) is 25.3 Å². The van der Waals surface area contributed by atoms with Crippen molar-refractivity contribution in [2.75, 3.05) is 6.54 Å². The number of aromatic amines is 1. The number of hydrogen-bond donors (Lipinski definition) is 2. The van der Waals surface area contributed by atoms with E-state index in [0.717, 1.165) is 35.9 Å². The number of para-hydroxylation sites is 1. The zero-order valence-electron chi connectivity index (χ0n) is 11.8. The monoisotopic (exact) mass is 271 g/mol. The van der Waals surface area contributed by atoms with Gasteiger partial charge in [0.2, 0.25) is 5.91 Å². The predicted molar refractivity (Wildman–Crippen MR) is 80.4 cm³/mol. The Balaban J connectivity index is 1.76. The van der Waals surface area contributed by atoms with Gasteiger partial charge in [-0.25, -0.2) is 0 Å². The molecule has 1 aromatic carbocycles. The average molecular weight is 271 g/mol. The maximum absolute atomic E-state index is 12.5. The number of carbonyl (C=O) groups excluding carboxylic acids is 1. The van der Waals surface area contributed by atoms with E-state index in [2.05, 4.69) is 18.0 Å². The molecule has 4 nitrogen and oxygen atoms in total. The van der Waals surface area contributed by atoms with E-state index in [9.17, 15) is 4.79 Å². The van der Waals surface area contributed by atoms with Crippen molar-refractivity contribution in [3.05, 3.63) is 36.0 Å². The summed E-state index contributed by atoms with van der Waals surface area (Å²) in [7, 11) is 0. The van der Waals surface area contributed by atoms with Crippen molar-refractivity contribution in [2.45, 2.75) is 38.3 Å². The number of nitrogens with zero attached hydrogens (tertiary/aromatic N) is 1. The van der Waals surface area contributed by atoms with Gasteiger partial charge in [-0.1, -0.05) is 18.2 Å². The number of fused-ring (bicyclic) bond motifs is 1. The van der Waals surface area contributed by atoms with Gasteiger partial charge in [0, 0.05) is 35.7 Å². The Morgan fingerprint density at radius 1 is 1.45 bits per heavy atom. The molecule has 3 rings (SSSR count). The number of nitrogens with two attached hydrogens (primary N) is 1. The van der Waals surface area contributed by atoms with Gasteiger partial charge in [-0.3, -0.25) is 4.79 Å². The highest BCUT2D eigenvalue weighted by atomic mass is 16.2. The van der Waals surface area contributed by atoms with Gasteiger partial charge in [-0.05, 0) is 31.4 Å². The Morgan fingerprint density at radius 3 is 3.05 bits per heavy atom. The molecule has 0 spiro atoms. The zero-order chi connectivity index (χ0) is 14.1. The zero-order valence-corrected chi connectivity index (χ0v) is 11.8. The maximum Gasteiger partial charge on any atom is 0.227 e. The third kappa shape index (κ3) is 2.43. The van der Waals surface area contributed by atoms with Gasteiger partial charge < -0.3 is 15.6 Å². The standard InChI is InChI=1S/C16H21N3O/c1-11-8-13(17)6-7-19(11)16(20)9-12-10-18-15-5-3-2-4-14(12)15/h2-5,10-11,13,18H,6-9,17H2,1H3. The summed E-state index contributed by atoms with van der Waals surface area (Å²) in [5, 5.41) is 1.14. The van der Waals surface area contributed by atoms with Crippen LogP contribution < -0.4 is 5.73 Å². The molecular weight excluding hydrogens is 250 g/mol. The first kappa shape index (κ1) is 13.2. The molecule has 20 heavy (non-hydrogen) atoms. The SMILES string of the molecule is CC1CC(N)CCN1C(=O)Cc1c[nH]c2ccccc12. The highest BCUT2D eigenvalue weighted by molar-refractivity contribution is 5.89. The molecule has 2 heterocycles. The fraction of sp³-hybridized carbons (Fsp3) is 0.438. The van der Waals surface area contributed by atoms with Crippen LogP contribution in [0.4, 0.5) is 0 Å². The molecular formula is C16H21N3O. The Bertz CT molecular complexity index is 619. The molecule has 1 aromatic heterocycles. The van der Waals surface area contributed by atoms with Crippen LogP contribution >= 0.6 is 0 Å². The Morgan fingerprint density at radius 2 is 2.25 bits per heavy atom. The molecule has 1 amide bonds. The molecule has 0 bridgehead atoms. The lowest BCUT2D eigenvalue weighted by atomic mass is 9.98. The second-order valence-electron chi connectivity index (χ2n) is 5.76. The number of likely N-dealkylation sites (tertiary alicyclic amines) is 1. The molecule has 4 heteroatoms. The van der Waals surface area contributed by atoms with Crippen LogP contribution in [0.25, 0.3) is 10.9 Å². The lowest BCUT2D eigenvalue weighted by Gasteiger charge is -2.36. The van der Waals surface area contributed by atoms with Crippen molar-refractivity contribution in [1.82, 2.24) is 9.88 Å². The number of carbonyl (C=O) groups is 1. The number of rotatable bonds is 2. The summed E-state index contributed by atoms with van der Waals surface area (Å²) >= 11 is 0. The Kier molecular flexibility index (Phi) is 3.49. The van der Waals surface area contributed by atoms with Crippen molar-refractivity contribution in [1.29, 1.82) is 0 Å². The summed E-state index contributed by atoms with van der Waals surface area (Å²) in [6.45, 7) is 2.87. The van der Waals surface area contributed by atoms with Gasteiger partial charge in [-0.15, -0.1) is 0 Å². The molecule has 1 fully saturated rings. The van der Waals surface area contributed by atoms with Crippen LogP contribution in [0.3, 0.4) is 0 Å². The Hall–Kier alpha value is -1.81. The van der Waals surface area contributed by atoms with E-state index < -0.39 is 0 Å². The molecule has 2 atom stereocenters. The first-order valence-corrected chi connectivity index (χ1v) is 7.25. The lowest BCUT2D eigenvalue weighted by Crippen LogP contribution is -2.48.